The Morgan fingerprint density at radius 3 is 2.28 bits per heavy atom. The van der Waals surface area contributed by atoms with Crippen LogP contribution in [0.15, 0.2) is 18.2 Å². The summed E-state index contributed by atoms with van der Waals surface area (Å²) in [6.07, 6.45) is 13.5. The molecule has 0 saturated heterocycles. The minimum atomic E-state index is -0.469. The fourth-order valence-corrected chi connectivity index (χ4v) is 7.27. The molecule has 4 bridgehead atoms. The SMILES string of the molecule is O=C(CNC12CC3CC(CC(C3)C1)C2)Nc1ccc2c(c1)OC1(CCCCC1)O2. The van der Waals surface area contributed by atoms with Crippen molar-refractivity contribution >= 4 is 11.6 Å². The Morgan fingerprint density at radius 2 is 1.59 bits per heavy atom. The molecular formula is C24H32N2O3. The third-order valence-electron chi connectivity index (χ3n) is 8.10. The number of nitrogens with one attached hydrogen (secondary N) is 2. The van der Waals surface area contributed by atoms with E-state index in [9.17, 15) is 4.79 Å². The van der Waals surface area contributed by atoms with Gasteiger partial charge in [0.25, 0.3) is 5.79 Å². The maximum atomic E-state index is 12.7. The number of rotatable bonds is 4. The van der Waals surface area contributed by atoms with Crippen molar-refractivity contribution in [2.75, 3.05) is 11.9 Å². The van der Waals surface area contributed by atoms with Gasteiger partial charge in [-0.2, -0.15) is 0 Å². The van der Waals surface area contributed by atoms with E-state index in [-0.39, 0.29) is 11.4 Å². The summed E-state index contributed by atoms with van der Waals surface area (Å²) >= 11 is 0. The van der Waals surface area contributed by atoms with E-state index in [4.69, 9.17) is 9.47 Å². The smallest absolute Gasteiger partial charge is 0.251 e. The lowest BCUT2D eigenvalue weighted by Crippen LogP contribution is -2.59. The molecule has 1 aliphatic heterocycles. The molecule has 0 radical (unpaired) electrons. The molecular weight excluding hydrogens is 364 g/mol. The maximum absolute atomic E-state index is 12.7. The quantitative estimate of drug-likeness (QED) is 0.780. The van der Waals surface area contributed by atoms with Crippen LogP contribution in [0.5, 0.6) is 11.5 Å². The van der Waals surface area contributed by atoms with Gasteiger partial charge in [0.15, 0.2) is 11.5 Å². The van der Waals surface area contributed by atoms with Gasteiger partial charge in [0.2, 0.25) is 5.91 Å². The summed E-state index contributed by atoms with van der Waals surface area (Å²) in [5, 5.41) is 6.74. The zero-order valence-corrected chi connectivity index (χ0v) is 17.2. The largest absolute Gasteiger partial charge is 0.448 e. The molecule has 6 aliphatic rings. The fraction of sp³-hybridized carbons (Fsp3) is 0.708. The standard InChI is InChI=1S/C24H32N2O3/c27-22(15-25-23-12-16-8-17(13-23)10-18(9-16)14-23)26-19-4-5-20-21(11-19)29-24(28-20)6-2-1-3-7-24/h4-5,11,16-18,25H,1-3,6-10,12-15H2,(H,26,27). The molecule has 5 fully saturated rings. The molecule has 1 aromatic carbocycles. The summed E-state index contributed by atoms with van der Waals surface area (Å²) < 4.78 is 12.3. The van der Waals surface area contributed by atoms with Crippen LogP contribution in [-0.2, 0) is 4.79 Å². The molecule has 0 unspecified atom stereocenters. The number of carbonyl (C=O) groups excluding carboxylic acids is 1. The molecule has 1 amide bonds. The molecule has 0 aromatic heterocycles. The molecule has 29 heavy (non-hydrogen) atoms. The van der Waals surface area contributed by atoms with Gasteiger partial charge in [-0.05, 0) is 81.3 Å². The molecule has 156 valence electrons. The van der Waals surface area contributed by atoms with Crippen LogP contribution in [0.1, 0.15) is 70.6 Å². The van der Waals surface area contributed by atoms with E-state index in [1.165, 1.54) is 44.9 Å². The van der Waals surface area contributed by atoms with E-state index in [1.54, 1.807) is 0 Å². The van der Waals surface area contributed by atoms with E-state index in [0.717, 1.165) is 60.6 Å². The summed E-state index contributed by atoms with van der Waals surface area (Å²) in [6.45, 7) is 0.393. The molecule has 7 rings (SSSR count). The van der Waals surface area contributed by atoms with Crippen molar-refractivity contribution in [2.45, 2.75) is 82.0 Å². The van der Waals surface area contributed by atoms with Crippen LogP contribution >= 0.6 is 0 Å². The molecule has 5 aliphatic carbocycles. The van der Waals surface area contributed by atoms with Gasteiger partial charge in [-0.15, -0.1) is 0 Å². The Morgan fingerprint density at radius 1 is 0.931 bits per heavy atom. The van der Waals surface area contributed by atoms with Crippen molar-refractivity contribution in [2.24, 2.45) is 17.8 Å². The Labute approximate surface area is 172 Å². The third kappa shape index (κ3) is 3.31. The Hall–Kier alpha value is -1.75. The Bertz CT molecular complexity index is 779. The highest BCUT2D eigenvalue weighted by molar-refractivity contribution is 5.92. The summed E-state index contributed by atoms with van der Waals surface area (Å²) in [5.74, 6) is 3.79. The zero-order valence-electron chi connectivity index (χ0n) is 17.2. The lowest BCUT2D eigenvalue weighted by molar-refractivity contribution is -0.116. The first-order valence-electron chi connectivity index (χ1n) is 11.7. The number of ether oxygens (including phenoxy) is 2. The predicted octanol–water partition coefficient (Wildman–Crippen LogP) is 4.62. The van der Waals surface area contributed by atoms with Crippen molar-refractivity contribution in [3.8, 4) is 11.5 Å². The van der Waals surface area contributed by atoms with Crippen molar-refractivity contribution < 1.29 is 14.3 Å². The zero-order chi connectivity index (χ0) is 19.5. The third-order valence-corrected chi connectivity index (χ3v) is 8.10. The topological polar surface area (TPSA) is 59.6 Å². The van der Waals surface area contributed by atoms with Gasteiger partial charge in [-0.3, -0.25) is 4.79 Å². The summed E-state index contributed by atoms with van der Waals surface area (Å²) in [4.78, 5) is 12.7. The highest BCUT2D eigenvalue weighted by Gasteiger charge is 2.50. The minimum absolute atomic E-state index is 0.0343. The van der Waals surface area contributed by atoms with Crippen LogP contribution in [0.3, 0.4) is 0 Å². The first-order valence-corrected chi connectivity index (χ1v) is 11.7. The monoisotopic (exact) mass is 396 g/mol. The number of hydrogen-bond acceptors (Lipinski definition) is 4. The number of amides is 1. The average Bonchev–Trinajstić information content (AvgIpc) is 3.02. The van der Waals surface area contributed by atoms with E-state index in [1.807, 2.05) is 18.2 Å². The van der Waals surface area contributed by atoms with Crippen molar-refractivity contribution in [3.63, 3.8) is 0 Å². The van der Waals surface area contributed by atoms with E-state index < -0.39 is 5.79 Å². The van der Waals surface area contributed by atoms with Gasteiger partial charge in [-0.25, -0.2) is 0 Å². The number of carbonyl (C=O) groups is 1. The van der Waals surface area contributed by atoms with Crippen molar-refractivity contribution in [1.29, 1.82) is 0 Å². The van der Waals surface area contributed by atoms with Crippen LogP contribution in [-0.4, -0.2) is 23.8 Å². The second-order valence-corrected chi connectivity index (χ2v) is 10.4. The second-order valence-electron chi connectivity index (χ2n) is 10.4. The normalized spacial score (nSPS) is 35.8. The molecule has 1 spiro atoms. The number of benzene rings is 1. The molecule has 5 heteroatoms. The summed E-state index contributed by atoms with van der Waals surface area (Å²) in [7, 11) is 0. The van der Waals surface area contributed by atoms with Crippen LogP contribution in [0.2, 0.25) is 0 Å². The van der Waals surface area contributed by atoms with E-state index >= 15 is 0 Å². The van der Waals surface area contributed by atoms with Gasteiger partial charge < -0.3 is 20.1 Å². The van der Waals surface area contributed by atoms with Gasteiger partial charge in [-0.1, -0.05) is 6.42 Å². The van der Waals surface area contributed by atoms with Crippen molar-refractivity contribution in [3.05, 3.63) is 18.2 Å². The molecule has 2 N–H and O–H groups in total. The molecule has 1 heterocycles. The molecule has 1 aromatic rings. The fourth-order valence-electron chi connectivity index (χ4n) is 7.27. The van der Waals surface area contributed by atoms with Gasteiger partial charge in [0.05, 0.1) is 6.54 Å². The molecule has 5 nitrogen and oxygen atoms in total. The first-order chi connectivity index (χ1) is 14.1. The van der Waals surface area contributed by atoms with Crippen LogP contribution in [0.25, 0.3) is 0 Å². The second kappa shape index (κ2) is 6.63. The average molecular weight is 397 g/mol. The lowest BCUT2D eigenvalue weighted by Gasteiger charge is -2.57. The number of anilines is 1. The minimum Gasteiger partial charge on any atom is -0.448 e. The highest BCUT2D eigenvalue weighted by Crippen LogP contribution is 2.55. The Balaban J connectivity index is 1.07. The van der Waals surface area contributed by atoms with Gasteiger partial charge >= 0.3 is 0 Å². The van der Waals surface area contributed by atoms with Crippen LogP contribution in [0.4, 0.5) is 5.69 Å². The molecule has 5 saturated carbocycles. The predicted molar refractivity (Wildman–Crippen MR) is 111 cm³/mol. The van der Waals surface area contributed by atoms with Gasteiger partial charge in [0, 0.05) is 30.1 Å². The number of hydrogen-bond donors (Lipinski definition) is 2. The molecule has 0 atom stereocenters. The number of fused-ring (bicyclic) bond motifs is 1. The van der Waals surface area contributed by atoms with Crippen molar-refractivity contribution in [1.82, 2.24) is 5.32 Å². The van der Waals surface area contributed by atoms with E-state index in [0.29, 0.717) is 6.54 Å². The Kier molecular flexibility index (Phi) is 4.13. The lowest BCUT2D eigenvalue weighted by atomic mass is 9.53. The first kappa shape index (κ1) is 18.1. The summed E-state index contributed by atoms with van der Waals surface area (Å²) in [5.41, 5.74) is 1.01. The highest BCUT2D eigenvalue weighted by atomic mass is 16.7. The van der Waals surface area contributed by atoms with E-state index in [2.05, 4.69) is 10.6 Å². The van der Waals surface area contributed by atoms with Crippen LogP contribution < -0.4 is 20.1 Å². The summed E-state index contributed by atoms with van der Waals surface area (Å²) in [6, 6.07) is 5.77. The van der Waals surface area contributed by atoms with Gasteiger partial charge in [0.1, 0.15) is 0 Å². The maximum Gasteiger partial charge on any atom is 0.251 e. The van der Waals surface area contributed by atoms with Crippen LogP contribution in [0, 0.1) is 17.8 Å².